The van der Waals surface area contributed by atoms with Crippen molar-refractivity contribution in [3.8, 4) is 0 Å². The molecule has 6 nitrogen and oxygen atoms in total. The topological polar surface area (TPSA) is 59.5 Å². The summed E-state index contributed by atoms with van der Waals surface area (Å²) in [5, 5.41) is 3.24. The Bertz CT molecular complexity index is 403. The third-order valence-corrected chi connectivity index (χ3v) is 3.33. The van der Waals surface area contributed by atoms with Crippen LogP contribution in [0.2, 0.25) is 0 Å². The maximum Gasteiger partial charge on any atom is 0.161 e. The lowest BCUT2D eigenvalue weighted by molar-refractivity contribution is -0.0327. The number of anilines is 1. The van der Waals surface area contributed by atoms with Crippen molar-refractivity contribution in [2.45, 2.75) is 26.6 Å². The summed E-state index contributed by atoms with van der Waals surface area (Å²) in [6.45, 7) is 9.10. The van der Waals surface area contributed by atoms with Gasteiger partial charge < -0.3 is 14.8 Å². The SMILES string of the molecule is CCNc1cc(COC)nc(C2CN(CC)CCO2)n1. The van der Waals surface area contributed by atoms with Crippen LogP contribution in [0.4, 0.5) is 5.82 Å². The molecular weight excluding hydrogens is 256 g/mol. The van der Waals surface area contributed by atoms with Crippen LogP contribution < -0.4 is 5.32 Å². The Morgan fingerprint density at radius 2 is 2.30 bits per heavy atom. The van der Waals surface area contributed by atoms with Gasteiger partial charge >= 0.3 is 0 Å². The second kappa shape index (κ2) is 7.52. The van der Waals surface area contributed by atoms with Crippen molar-refractivity contribution < 1.29 is 9.47 Å². The molecule has 0 saturated carbocycles. The molecule has 2 heterocycles. The second-order valence-electron chi connectivity index (χ2n) is 4.82. The zero-order valence-corrected chi connectivity index (χ0v) is 12.6. The Balaban J connectivity index is 2.19. The Morgan fingerprint density at radius 3 is 3.00 bits per heavy atom. The summed E-state index contributed by atoms with van der Waals surface area (Å²) >= 11 is 0. The lowest BCUT2D eigenvalue weighted by Gasteiger charge is -2.31. The number of hydrogen-bond acceptors (Lipinski definition) is 6. The van der Waals surface area contributed by atoms with Crippen molar-refractivity contribution in [2.24, 2.45) is 0 Å². The average molecular weight is 280 g/mol. The third-order valence-electron chi connectivity index (χ3n) is 3.33. The molecule has 0 aromatic carbocycles. The fourth-order valence-electron chi connectivity index (χ4n) is 2.30. The van der Waals surface area contributed by atoms with E-state index in [0.717, 1.165) is 50.1 Å². The van der Waals surface area contributed by atoms with Crippen molar-refractivity contribution >= 4 is 5.82 Å². The molecule has 112 valence electrons. The lowest BCUT2D eigenvalue weighted by Crippen LogP contribution is -2.38. The molecule has 0 radical (unpaired) electrons. The molecule has 0 amide bonds. The van der Waals surface area contributed by atoms with E-state index in [9.17, 15) is 0 Å². The summed E-state index contributed by atoms with van der Waals surface area (Å²) in [7, 11) is 1.67. The summed E-state index contributed by atoms with van der Waals surface area (Å²) in [5.74, 6) is 1.58. The zero-order chi connectivity index (χ0) is 14.4. The fourth-order valence-corrected chi connectivity index (χ4v) is 2.30. The summed E-state index contributed by atoms with van der Waals surface area (Å²) in [5.41, 5.74) is 0.880. The molecular formula is C14H24N4O2. The van der Waals surface area contributed by atoms with Gasteiger partial charge in [-0.25, -0.2) is 9.97 Å². The van der Waals surface area contributed by atoms with Crippen molar-refractivity contribution in [2.75, 3.05) is 45.2 Å². The maximum absolute atomic E-state index is 5.83. The molecule has 1 aromatic heterocycles. The normalized spacial score (nSPS) is 20.1. The minimum atomic E-state index is -0.0575. The van der Waals surface area contributed by atoms with E-state index in [-0.39, 0.29) is 6.10 Å². The molecule has 1 aliphatic heterocycles. The number of ether oxygens (including phenoxy) is 2. The molecule has 2 rings (SSSR count). The van der Waals surface area contributed by atoms with Crippen LogP contribution in [0.3, 0.4) is 0 Å². The molecule has 1 unspecified atom stereocenters. The van der Waals surface area contributed by atoms with E-state index in [1.54, 1.807) is 7.11 Å². The summed E-state index contributed by atoms with van der Waals surface area (Å²) in [6.07, 6.45) is -0.0575. The number of morpholine rings is 1. The number of nitrogens with zero attached hydrogens (tertiary/aromatic N) is 3. The van der Waals surface area contributed by atoms with Gasteiger partial charge in [-0.2, -0.15) is 0 Å². The lowest BCUT2D eigenvalue weighted by atomic mass is 10.2. The van der Waals surface area contributed by atoms with E-state index in [0.29, 0.717) is 6.61 Å². The van der Waals surface area contributed by atoms with Crippen LogP contribution in [0.25, 0.3) is 0 Å². The molecule has 0 spiro atoms. The van der Waals surface area contributed by atoms with Gasteiger partial charge in [-0.3, -0.25) is 4.90 Å². The molecule has 0 bridgehead atoms. The van der Waals surface area contributed by atoms with Gasteiger partial charge in [0, 0.05) is 32.8 Å². The van der Waals surface area contributed by atoms with E-state index < -0.39 is 0 Å². The van der Waals surface area contributed by atoms with E-state index >= 15 is 0 Å². The quantitative estimate of drug-likeness (QED) is 0.851. The first-order chi connectivity index (χ1) is 9.76. The molecule has 6 heteroatoms. The number of methoxy groups -OCH3 is 1. The Hall–Kier alpha value is -1.24. The number of nitrogens with one attached hydrogen (secondary N) is 1. The van der Waals surface area contributed by atoms with E-state index in [1.165, 1.54) is 0 Å². The van der Waals surface area contributed by atoms with Gasteiger partial charge in [0.25, 0.3) is 0 Å². The van der Waals surface area contributed by atoms with Crippen LogP contribution in [0.5, 0.6) is 0 Å². The van der Waals surface area contributed by atoms with Gasteiger partial charge in [0.2, 0.25) is 0 Å². The van der Waals surface area contributed by atoms with E-state index in [2.05, 4.69) is 27.1 Å². The van der Waals surface area contributed by atoms with Gasteiger partial charge in [0.05, 0.1) is 18.9 Å². The molecule has 1 saturated heterocycles. The minimum absolute atomic E-state index is 0.0575. The monoisotopic (exact) mass is 280 g/mol. The fraction of sp³-hybridized carbons (Fsp3) is 0.714. The predicted molar refractivity (Wildman–Crippen MR) is 77.7 cm³/mol. The molecule has 1 aromatic rings. The molecule has 0 aliphatic carbocycles. The van der Waals surface area contributed by atoms with Crippen molar-refractivity contribution in [1.82, 2.24) is 14.9 Å². The van der Waals surface area contributed by atoms with Crippen molar-refractivity contribution in [1.29, 1.82) is 0 Å². The van der Waals surface area contributed by atoms with Crippen LogP contribution in [0.1, 0.15) is 31.5 Å². The van der Waals surface area contributed by atoms with E-state index in [4.69, 9.17) is 9.47 Å². The highest BCUT2D eigenvalue weighted by Gasteiger charge is 2.24. The van der Waals surface area contributed by atoms with Gasteiger partial charge in [-0.15, -0.1) is 0 Å². The first-order valence-electron chi connectivity index (χ1n) is 7.21. The third kappa shape index (κ3) is 3.88. The van der Waals surface area contributed by atoms with Gasteiger partial charge in [0.1, 0.15) is 11.9 Å². The van der Waals surface area contributed by atoms with Crippen LogP contribution in [0.15, 0.2) is 6.07 Å². The predicted octanol–water partition coefficient (Wildman–Crippen LogP) is 1.45. The number of rotatable bonds is 6. The minimum Gasteiger partial charge on any atom is -0.378 e. The number of hydrogen-bond donors (Lipinski definition) is 1. The smallest absolute Gasteiger partial charge is 0.161 e. The van der Waals surface area contributed by atoms with Gasteiger partial charge in [-0.05, 0) is 13.5 Å². The summed E-state index contributed by atoms with van der Waals surface area (Å²) < 4.78 is 11.0. The van der Waals surface area contributed by atoms with E-state index in [1.807, 2.05) is 13.0 Å². The van der Waals surface area contributed by atoms with Gasteiger partial charge in [0.15, 0.2) is 5.82 Å². The highest BCUT2D eigenvalue weighted by Crippen LogP contribution is 2.21. The average Bonchev–Trinajstić information content (AvgIpc) is 2.48. The standard InChI is InChI=1S/C14H24N4O2/c1-4-15-13-8-11(10-19-3)16-14(17-13)12-9-18(5-2)6-7-20-12/h8,12H,4-7,9-10H2,1-3H3,(H,15,16,17). The Labute approximate surface area is 120 Å². The molecule has 1 atom stereocenters. The highest BCUT2D eigenvalue weighted by molar-refractivity contribution is 5.36. The summed E-state index contributed by atoms with van der Waals surface area (Å²) in [6, 6.07) is 1.93. The Kier molecular flexibility index (Phi) is 5.70. The maximum atomic E-state index is 5.83. The molecule has 20 heavy (non-hydrogen) atoms. The van der Waals surface area contributed by atoms with Gasteiger partial charge in [-0.1, -0.05) is 6.92 Å². The Morgan fingerprint density at radius 1 is 1.45 bits per heavy atom. The largest absolute Gasteiger partial charge is 0.378 e. The first kappa shape index (κ1) is 15.2. The highest BCUT2D eigenvalue weighted by atomic mass is 16.5. The number of aromatic nitrogens is 2. The van der Waals surface area contributed by atoms with Crippen molar-refractivity contribution in [3.05, 3.63) is 17.6 Å². The van der Waals surface area contributed by atoms with Crippen LogP contribution in [-0.2, 0) is 16.1 Å². The second-order valence-corrected chi connectivity index (χ2v) is 4.82. The number of likely N-dealkylation sites (N-methyl/N-ethyl adjacent to an activating group) is 1. The first-order valence-corrected chi connectivity index (χ1v) is 7.21. The van der Waals surface area contributed by atoms with Crippen LogP contribution in [-0.4, -0.2) is 54.8 Å². The zero-order valence-electron chi connectivity index (χ0n) is 12.6. The van der Waals surface area contributed by atoms with Crippen LogP contribution >= 0.6 is 0 Å². The molecule has 1 aliphatic rings. The van der Waals surface area contributed by atoms with Crippen molar-refractivity contribution in [3.63, 3.8) is 0 Å². The summed E-state index contributed by atoms with van der Waals surface area (Å²) in [4.78, 5) is 11.5. The van der Waals surface area contributed by atoms with Crippen LogP contribution in [0, 0.1) is 0 Å². The molecule has 1 fully saturated rings. The molecule has 1 N–H and O–H groups in total.